The third-order valence-corrected chi connectivity index (χ3v) is 2.96. The molecule has 2 N–H and O–H groups in total. The van der Waals surface area contributed by atoms with Gasteiger partial charge >= 0.3 is 0 Å². The maximum Gasteiger partial charge on any atom is 0.196 e. The van der Waals surface area contributed by atoms with Crippen LogP contribution in [0, 0.1) is 6.92 Å². The molecule has 94 valence electrons. The molecule has 2 aromatic carbocycles. The standard InChI is InChI=1S/C15H13N3O/c1-10-6-8-11(9-7-10)17-18-15-14(19)12-4-2-3-5-13(12)16-15/h2-9,16,19H,1H3. The largest absolute Gasteiger partial charge is 0.504 e. The quantitative estimate of drug-likeness (QED) is 0.642. The molecule has 4 heteroatoms. The fourth-order valence-corrected chi connectivity index (χ4v) is 1.90. The molecule has 0 aliphatic carbocycles. The molecule has 19 heavy (non-hydrogen) atoms. The Hall–Kier alpha value is -2.62. The van der Waals surface area contributed by atoms with Gasteiger partial charge in [0.2, 0.25) is 0 Å². The van der Waals surface area contributed by atoms with Crippen LogP contribution in [0.1, 0.15) is 5.56 Å². The lowest BCUT2D eigenvalue weighted by Crippen LogP contribution is -1.68. The second-order valence-corrected chi connectivity index (χ2v) is 4.40. The van der Waals surface area contributed by atoms with E-state index in [4.69, 9.17) is 0 Å². The molecule has 0 spiro atoms. The van der Waals surface area contributed by atoms with Crippen molar-refractivity contribution in [2.75, 3.05) is 0 Å². The number of aryl methyl sites for hydroxylation is 1. The zero-order valence-corrected chi connectivity index (χ0v) is 10.5. The van der Waals surface area contributed by atoms with E-state index in [0.29, 0.717) is 5.82 Å². The first-order valence-corrected chi connectivity index (χ1v) is 6.02. The van der Waals surface area contributed by atoms with E-state index < -0.39 is 0 Å². The Labute approximate surface area is 110 Å². The van der Waals surface area contributed by atoms with E-state index in [-0.39, 0.29) is 5.75 Å². The smallest absolute Gasteiger partial charge is 0.196 e. The molecule has 0 saturated carbocycles. The molecular formula is C15H13N3O. The summed E-state index contributed by atoms with van der Waals surface area (Å²) in [5, 5.41) is 18.9. The molecule has 0 radical (unpaired) electrons. The lowest BCUT2D eigenvalue weighted by atomic mass is 10.2. The molecule has 0 aliphatic rings. The van der Waals surface area contributed by atoms with E-state index in [1.807, 2.05) is 55.5 Å². The number of aromatic nitrogens is 1. The number of rotatable bonds is 2. The number of aromatic hydroxyl groups is 1. The van der Waals surface area contributed by atoms with Crippen LogP contribution in [0.3, 0.4) is 0 Å². The zero-order valence-electron chi connectivity index (χ0n) is 10.5. The molecule has 3 rings (SSSR count). The molecule has 0 bridgehead atoms. The number of nitrogens with zero attached hydrogens (tertiary/aromatic N) is 2. The first-order valence-electron chi connectivity index (χ1n) is 6.02. The van der Waals surface area contributed by atoms with Crippen LogP contribution in [0.15, 0.2) is 58.8 Å². The summed E-state index contributed by atoms with van der Waals surface area (Å²) < 4.78 is 0. The number of hydrogen-bond acceptors (Lipinski definition) is 3. The highest BCUT2D eigenvalue weighted by atomic mass is 16.3. The van der Waals surface area contributed by atoms with E-state index >= 15 is 0 Å². The topological polar surface area (TPSA) is 60.7 Å². The van der Waals surface area contributed by atoms with Gasteiger partial charge in [0.1, 0.15) is 0 Å². The second kappa shape index (κ2) is 4.57. The number of nitrogens with one attached hydrogen (secondary N) is 1. The minimum Gasteiger partial charge on any atom is -0.504 e. The van der Waals surface area contributed by atoms with Gasteiger partial charge in [-0.25, -0.2) is 0 Å². The highest BCUT2D eigenvalue weighted by Crippen LogP contribution is 2.35. The third-order valence-electron chi connectivity index (χ3n) is 2.96. The van der Waals surface area contributed by atoms with Gasteiger partial charge in [0, 0.05) is 5.39 Å². The number of azo groups is 1. The van der Waals surface area contributed by atoms with E-state index in [2.05, 4.69) is 15.2 Å². The number of benzene rings is 2. The molecule has 0 fully saturated rings. The van der Waals surface area contributed by atoms with Gasteiger partial charge < -0.3 is 10.1 Å². The van der Waals surface area contributed by atoms with Crippen molar-refractivity contribution >= 4 is 22.4 Å². The van der Waals surface area contributed by atoms with Crippen LogP contribution in [0.25, 0.3) is 10.9 Å². The van der Waals surface area contributed by atoms with Crippen molar-refractivity contribution in [3.8, 4) is 5.75 Å². The summed E-state index contributed by atoms with van der Waals surface area (Å²) in [6.07, 6.45) is 0. The summed E-state index contributed by atoms with van der Waals surface area (Å²) in [5.74, 6) is 0.508. The molecule has 4 nitrogen and oxygen atoms in total. The van der Waals surface area contributed by atoms with Gasteiger partial charge in [-0.05, 0) is 31.2 Å². The van der Waals surface area contributed by atoms with Crippen LogP contribution in [0.5, 0.6) is 5.75 Å². The number of H-pyrrole nitrogens is 1. The summed E-state index contributed by atoms with van der Waals surface area (Å²) in [7, 11) is 0. The van der Waals surface area contributed by atoms with Gasteiger partial charge in [0.25, 0.3) is 0 Å². The Bertz CT molecular complexity index is 742. The molecule has 0 aliphatic heterocycles. The van der Waals surface area contributed by atoms with Crippen molar-refractivity contribution in [3.63, 3.8) is 0 Å². The SMILES string of the molecule is Cc1ccc(N=Nc2[nH]c3ccccc3c2O)cc1. The zero-order chi connectivity index (χ0) is 13.2. The van der Waals surface area contributed by atoms with Crippen molar-refractivity contribution in [2.24, 2.45) is 10.2 Å². The van der Waals surface area contributed by atoms with E-state index in [9.17, 15) is 5.11 Å². The van der Waals surface area contributed by atoms with Gasteiger partial charge in [-0.2, -0.15) is 0 Å². The highest BCUT2D eigenvalue weighted by molar-refractivity contribution is 5.90. The first kappa shape index (κ1) is 11.5. The van der Waals surface area contributed by atoms with Crippen LogP contribution >= 0.6 is 0 Å². The normalized spacial score (nSPS) is 11.4. The van der Waals surface area contributed by atoms with Crippen molar-refractivity contribution in [2.45, 2.75) is 6.92 Å². The minimum absolute atomic E-state index is 0.131. The summed E-state index contributed by atoms with van der Waals surface area (Å²) in [6, 6.07) is 15.2. The molecule has 0 saturated heterocycles. The fraction of sp³-hybridized carbons (Fsp3) is 0.0667. The summed E-state index contributed by atoms with van der Waals surface area (Å²) in [4.78, 5) is 3.04. The van der Waals surface area contributed by atoms with Crippen LogP contribution in [-0.2, 0) is 0 Å². The van der Waals surface area contributed by atoms with Crippen molar-refractivity contribution in [1.82, 2.24) is 4.98 Å². The minimum atomic E-state index is 0.131. The van der Waals surface area contributed by atoms with Gasteiger partial charge in [0.05, 0.1) is 11.2 Å². The Kier molecular flexibility index (Phi) is 2.76. The average Bonchev–Trinajstić information content (AvgIpc) is 2.76. The van der Waals surface area contributed by atoms with Crippen LogP contribution in [0.4, 0.5) is 11.5 Å². The Morgan fingerprint density at radius 3 is 2.42 bits per heavy atom. The third kappa shape index (κ3) is 2.20. The van der Waals surface area contributed by atoms with Crippen LogP contribution in [-0.4, -0.2) is 10.1 Å². The predicted octanol–water partition coefficient (Wildman–Crippen LogP) is 4.60. The van der Waals surface area contributed by atoms with Crippen molar-refractivity contribution in [3.05, 3.63) is 54.1 Å². The molecule has 0 unspecified atom stereocenters. The summed E-state index contributed by atoms with van der Waals surface area (Å²) in [5.41, 5.74) is 2.77. The Morgan fingerprint density at radius 1 is 0.947 bits per heavy atom. The molecule has 3 aromatic rings. The molecule has 0 amide bonds. The molecule has 1 heterocycles. The number of fused-ring (bicyclic) bond motifs is 1. The van der Waals surface area contributed by atoms with Gasteiger partial charge in [0.15, 0.2) is 11.6 Å². The predicted molar refractivity (Wildman–Crippen MR) is 75.3 cm³/mol. The average molecular weight is 251 g/mol. The lowest BCUT2D eigenvalue weighted by Gasteiger charge is -1.93. The van der Waals surface area contributed by atoms with Crippen LogP contribution < -0.4 is 0 Å². The van der Waals surface area contributed by atoms with Gasteiger partial charge in [-0.15, -0.1) is 10.2 Å². The molecular weight excluding hydrogens is 238 g/mol. The summed E-state index contributed by atoms with van der Waals surface area (Å²) >= 11 is 0. The monoisotopic (exact) mass is 251 g/mol. The Morgan fingerprint density at radius 2 is 1.68 bits per heavy atom. The molecule has 1 aromatic heterocycles. The van der Waals surface area contributed by atoms with Crippen LogP contribution in [0.2, 0.25) is 0 Å². The fourth-order valence-electron chi connectivity index (χ4n) is 1.90. The van der Waals surface area contributed by atoms with E-state index in [1.54, 1.807) is 0 Å². The van der Waals surface area contributed by atoms with E-state index in [1.165, 1.54) is 5.56 Å². The maximum absolute atomic E-state index is 10.0. The Balaban J connectivity index is 1.97. The number of para-hydroxylation sites is 1. The first-order chi connectivity index (χ1) is 9.24. The van der Waals surface area contributed by atoms with Gasteiger partial charge in [-0.3, -0.25) is 0 Å². The summed E-state index contributed by atoms with van der Waals surface area (Å²) in [6.45, 7) is 2.02. The highest BCUT2D eigenvalue weighted by Gasteiger charge is 2.08. The van der Waals surface area contributed by atoms with Crippen molar-refractivity contribution < 1.29 is 5.11 Å². The number of hydrogen-bond donors (Lipinski definition) is 2. The lowest BCUT2D eigenvalue weighted by molar-refractivity contribution is 0.482. The number of aromatic amines is 1. The van der Waals surface area contributed by atoms with Crippen molar-refractivity contribution in [1.29, 1.82) is 0 Å². The maximum atomic E-state index is 10.0. The second-order valence-electron chi connectivity index (χ2n) is 4.40. The molecule has 0 atom stereocenters. The van der Waals surface area contributed by atoms with Gasteiger partial charge in [-0.1, -0.05) is 29.8 Å². The van der Waals surface area contributed by atoms with E-state index in [0.717, 1.165) is 16.6 Å².